The van der Waals surface area contributed by atoms with Gasteiger partial charge >= 0.3 is 0 Å². The van der Waals surface area contributed by atoms with Gasteiger partial charge in [-0.25, -0.2) is 4.98 Å². The molecular weight excluding hydrogens is 186 g/mol. The second-order valence-electron chi connectivity index (χ2n) is 3.67. The van der Waals surface area contributed by atoms with Crippen LogP contribution in [0.1, 0.15) is 25.6 Å². The predicted octanol–water partition coefficient (Wildman–Crippen LogP) is 1.35. The fraction of sp³-hybridized carbons (Fsp3) is 0.583. The van der Waals surface area contributed by atoms with Crippen LogP contribution in [0.25, 0.3) is 0 Å². The van der Waals surface area contributed by atoms with Crippen molar-refractivity contribution in [1.29, 1.82) is 0 Å². The van der Waals surface area contributed by atoms with Crippen LogP contribution in [0.4, 0.5) is 0 Å². The Balaban J connectivity index is 2.27. The minimum atomic E-state index is 0.440. The van der Waals surface area contributed by atoms with Crippen molar-refractivity contribution in [3.8, 4) is 12.3 Å². The average molecular weight is 205 g/mol. The SMILES string of the molecule is C#CCC(CC)NCCc1nccn1C. The summed E-state index contributed by atoms with van der Waals surface area (Å²) in [5.41, 5.74) is 0. The lowest BCUT2D eigenvalue weighted by Crippen LogP contribution is -2.30. The molecule has 1 heterocycles. The third-order valence-corrected chi connectivity index (χ3v) is 2.56. The molecule has 15 heavy (non-hydrogen) atoms. The first kappa shape index (κ1) is 11.8. The zero-order chi connectivity index (χ0) is 11.1. The van der Waals surface area contributed by atoms with Crippen LogP contribution in [0.2, 0.25) is 0 Å². The molecule has 1 rings (SSSR count). The minimum Gasteiger partial charge on any atom is -0.338 e. The maximum Gasteiger partial charge on any atom is 0.109 e. The van der Waals surface area contributed by atoms with Gasteiger partial charge in [0.05, 0.1) is 0 Å². The number of hydrogen-bond acceptors (Lipinski definition) is 2. The molecule has 0 saturated heterocycles. The molecule has 1 aromatic heterocycles. The van der Waals surface area contributed by atoms with Crippen LogP contribution in [0.3, 0.4) is 0 Å². The first-order valence-electron chi connectivity index (χ1n) is 5.41. The van der Waals surface area contributed by atoms with Gasteiger partial charge in [-0.15, -0.1) is 12.3 Å². The van der Waals surface area contributed by atoms with Gasteiger partial charge in [-0.3, -0.25) is 0 Å². The van der Waals surface area contributed by atoms with E-state index in [0.29, 0.717) is 6.04 Å². The Morgan fingerprint density at radius 2 is 2.47 bits per heavy atom. The molecule has 3 heteroatoms. The number of terminal acetylenes is 1. The molecule has 1 N–H and O–H groups in total. The Labute approximate surface area is 91.9 Å². The third-order valence-electron chi connectivity index (χ3n) is 2.56. The van der Waals surface area contributed by atoms with Gasteiger partial charge < -0.3 is 9.88 Å². The second-order valence-corrected chi connectivity index (χ2v) is 3.67. The van der Waals surface area contributed by atoms with E-state index < -0.39 is 0 Å². The zero-order valence-electron chi connectivity index (χ0n) is 9.53. The molecule has 0 saturated carbocycles. The third kappa shape index (κ3) is 3.77. The topological polar surface area (TPSA) is 29.9 Å². The van der Waals surface area contributed by atoms with Gasteiger partial charge in [0.2, 0.25) is 0 Å². The Morgan fingerprint density at radius 3 is 3.00 bits per heavy atom. The van der Waals surface area contributed by atoms with Gasteiger partial charge in [0.25, 0.3) is 0 Å². The molecule has 0 bridgehead atoms. The smallest absolute Gasteiger partial charge is 0.109 e. The zero-order valence-corrected chi connectivity index (χ0v) is 9.53. The van der Waals surface area contributed by atoms with Crippen molar-refractivity contribution >= 4 is 0 Å². The molecule has 0 amide bonds. The van der Waals surface area contributed by atoms with Gasteiger partial charge in [0, 0.05) is 44.9 Å². The molecule has 3 nitrogen and oxygen atoms in total. The van der Waals surface area contributed by atoms with E-state index in [2.05, 4.69) is 23.1 Å². The number of nitrogens with zero attached hydrogens (tertiary/aromatic N) is 2. The van der Waals surface area contributed by atoms with Crippen LogP contribution in [0, 0.1) is 12.3 Å². The van der Waals surface area contributed by atoms with Crippen LogP contribution in [-0.4, -0.2) is 22.1 Å². The van der Waals surface area contributed by atoms with Crippen LogP contribution in [0.15, 0.2) is 12.4 Å². The molecule has 0 spiro atoms. The number of rotatable bonds is 6. The summed E-state index contributed by atoms with van der Waals surface area (Å²) in [6.07, 6.45) is 11.9. The standard InChI is InChI=1S/C12H19N3/c1-4-6-11(5-2)13-8-7-12-14-9-10-15(12)3/h1,9-11,13H,5-8H2,2-3H3. The normalized spacial score (nSPS) is 12.3. The number of imidazole rings is 1. The van der Waals surface area contributed by atoms with Crippen molar-refractivity contribution in [2.75, 3.05) is 6.54 Å². The summed E-state index contributed by atoms with van der Waals surface area (Å²) < 4.78 is 2.05. The van der Waals surface area contributed by atoms with E-state index in [1.54, 1.807) is 0 Å². The highest BCUT2D eigenvalue weighted by Gasteiger charge is 2.04. The summed E-state index contributed by atoms with van der Waals surface area (Å²) in [4.78, 5) is 4.27. The molecule has 82 valence electrons. The molecule has 0 aliphatic heterocycles. The Morgan fingerprint density at radius 1 is 1.67 bits per heavy atom. The van der Waals surface area contributed by atoms with E-state index in [0.717, 1.165) is 31.6 Å². The maximum atomic E-state index is 5.29. The minimum absolute atomic E-state index is 0.440. The summed E-state index contributed by atoms with van der Waals surface area (Å²) in [5.74, 6) is 3.80. The molecule has 1 aromatic rings. The largest absolute Gasteiger partial charge is 0.338 e. The van der Waals surface area contributed by atoms with E-state index in [1.165, 1.54) is 0 Å². The number of hydrogen-bond donors (Lipinski definition) is 1. The number of nitrogens with one attached hydrogen (secondary N) is 1. The van der Waals surface area contributed by atoms with Crippen molar-refractivity contribution in [2.24, 2.45) is 7.05 Å². The van der Waals surface area contributed by atoms with E-state index >= 15 is 0 Å². The Bertz CT molecular complexity index is 322. The van der Waals surface area contributed by atoms with Crippen molar-refractivity contribution in [3.63, 3.8) is 0 Å². The van der Waals surface area contributed by atoms with Gasteiger partial charge in [0.15, 0.2) is 0 Å². The monoisotopic (exact) mass is 205 g/mol. The highest BCUT2D eigenvalue weighted by atomic mass is 15.0. The second kappa shape index (κ2) is 6.26. The molecule has 0 fully saturated rings. The molecule has 1 unspecified atom stereocenters. The van der Waals surface area contributed by atoms with E-state index in [9.17, 15) is 0 Å². The molecule has 0 aliphatic carbocycles. The summed E-state index contributed by atoms with van der Waals surface area (Å²) >= 11 is 0. The molecule has 1 atom stereocenters. The van der Waals surface area contributed by atoms with Crippen LogP contribution < -0.4 is 5.32 Å². The fourth-order valence-corrected chi connectivity index (χ4v) is 1.53. The number of aromatic nitrogens is 2. The number of aryl methyl sites for hydroxylation is 1. The van der Waals surface area contributed by atoms with E-state index in [4.69, 9.17) is 6.42 Å². The van der Waals surface area contributed by atoms with Crippen LogP contribution in [0.5, 0.6) is 0 Å². The van der Waals surface area contributed by atoms with Crippen molar-refractivity contribution < 1.29 is 0 Å². The molecule has 0 aromatic carbocycles. The quantitative estimate of drug-likeness (QED) is 0.711. The Kier molecular flexibility index (Phi) is 4.92. The summed E-state index contributed by atoms with van der Waals surface area (Å²) in [5, 5.41) is 3.44. The summed E-state index contributed by atoms with van der Waals surface area (Å²) in [7, 11) is 2.01. The average Bonchev–Trinajstić information content (AvgIpc) is 2.63. The first-order chi connectivity index (χ1) is 7.27. The highest BCUT2D eigenvalue weighted by molar-refractivity contribution is 4.93. The Hall–Kier alpha value is -1.27. The summed E-state index contributed by atoms with van der Waals surface area (Å²) in [6, 6.07) is 0.440. The van der Waals surface area contributed by atoms with Crippen molar-refractivity contribution in [1.82, 2.24) is 14.9 Å². The maximum absolute atomic E-state index is 5.29. The van der Waals surface area contributed by atoms with Gasteiger partial charge in [-0.2, -0.15) is 0 Å². The van der Waals surface area contributed by atoms with Crippen LogP contribution in [-0.2, 0) is 13.5 Å². The van der Waals surface area contributed by atoms with E-state index in [-0.39, 0.29) is 0 Å². The molecular formula is C12H19N3. The lowest BCUT2D eigenvalue weighted by molar-refractivity contribution is 0.504. The van der Waals surface area contributed by atoms with E-state index in [1.807, 2.05) is 24.0 Å². The van der Waals surface area contributed by atoms with Gasteiger partial charge in [-0.05, 0) is 6.42 Å². The van der Waals surface area contributed by atoms with Crippen molar-refractivity contribution in [3.05, 3.63) is 18.2 Å². The molecule has 0 aliphatic rings. The van der Waals surface area contributed by atoms with Crippen LogP contribution >= 0.6 is 0 Å². The summed E-state index contributed by atoms with van der Waals surface area (Å²) in [6.45, 7) is 3.08. The lowest BCUT2D eigenvalue weighted by atomic mass is 10.1. The van der Waals surface area contributed by atoms with Crippen molar-refractivity contribution in [2.45, 2.75) is 32.2 Å². The predicted molar refractivity (Wildman–Crippen MR) is 62.4 cm³/mol. The lowest BCUT2D eigenvalue weighted by Gasteiger charge is -2.13. The van der Waals surface area contributed by atoms with Gasteiger partial charge in [-0.1, -0.05) is 6.92 Å². The fourth-order valence-electron chi connectivity index (χ4n) is 1.53. The first-order valence-corrected chi connectivity index (χ1v) is 5.41. The van der Waals surface area contributed by atoms with Gasteiger partial charge in [0.1, 0.15) is 5.82 Å². The highest BCUT2D eigenvalue weighted by Crippen LogP contribution is 1.98. The molecule has 0 radical (unpaired) electrons.